The second kappa shape index (κ2) is 8.34. The van der Waals surface area contributed by atoms with Crippen molar-refractivity contribution >= 4 is 40.6 Å². The lowest BCUT2D eigenvalue weighted by molar-refractivity contribution is -0.114. The molecule has 0 saturated heterocycles. The van der Waals surface area contributed by atoms with Gasteiger partial charge in [-0.1, -0.05) is 41.4 Å². The Hall–Kier alpha value is -3.48. The van der Waals surface area contributed by atoms with Gasteiger partial charge in [-0.05, 0) is 47.5 Å². The largest absolute Gasteiger partial charge is 0.504 e. The molecule has 0 aromatic heterocycles. The maximum atomic E-state index is 12.5. The fourth-order valence-corrected chi connectivity index (χ4v) is 3.83. The normalized spacial score (nSPS) is 14.3. The Kier molecular flexibility index (Phi) is 5.59. The lowest BCUT2D eigenvalue weighted by Crippen LogP contribution is -2.37. The van der Waals surface area contributed by atoms with Crippen LogP contribution in [0.15, 0.2) is 60.8 Å². The number of benzene rings is 3. The van der Waals surface area contributed by atoms with Crippen LogP contribution in [0.5, 0.6) is 11.5 Å². The van der Waals surface area contributed by atoms with E-state index in [1.54, 1.807) is 42.5 Å². The first-order valence-corrected chi connectivity index (χ1v) is 9.99. The molecule has 2 amide bonds. The minimum atomic E-state index is -0.530. The predicted molar refractivity (Wildman–Crippen MR) is 119 cm³/mol. The van der Waals surface area contributed by atoms with Crippen molar-refractivity contribution in [2.45, 2.75) is 6.54 Å². The highest BCUT2D eigenvalue weighted by Crippen LogP contribution is 2.34. The molecular formula is C23H16Cl2N2O4. The quantitative estimate of drug-likeness (QED) is 0.264. The number of aromatic hydroxyl groups is 2. The molecule has 4 N–H and O–H groups in total. The summed E-state index contributed by atoms with van der Waals surface area (Å²) in [5, 5.41) is 25.3. The molecule has 0 atom stereocenters. The molecule has 1 aliphatic rings. The van der Waals surface area contributed by atoms with Gasteiger partial charge in [0.25, 0.3) is 11.8 Å². The van der Waals surface area contributed by atoms with Gasteiger partial charge in [-0.3, -0.25) is 14.9 Å². The van der Waals surface area contributed by atoms with Gasteiger partial charge in [0.15, 0.2) is 11.5 Å². The van der Waals surface area contributed by atoms with E-state index in [-0.39, 0.29) is 23.6 Å². The van der Waals surface area contributed by atoms with Crippen molar-refractivity contribution in [3.8, 4) is 22.6 Å². The van der Waals surface area contributed by atoms with Crippen molar-refractivity contribution in [3.05, 3.63) is 87.5 Å². The summed E-state index contributed by atoms with van der Waals surface area (Å²) in [7, 11) is 0. The van der Waals surface area contributed by atoms with Gasteiger partial charge in [0.1, 0.15) is 0 Å². The summed E-state index contributed by atoms with van der Waals surface area (Å²) >= 11 is 12.3. The molecule has 0 bridgehead atoms. The highest BCUT2D eigenvalue weighted by atomic mass is 35.5. The molecule has 31 heavy (non-hydrogen) atoms. The third kappa shape index (κ3) is 4.21. The zero-order chi connectivity index (χ0) is 22.1. The van der Waals surface area contributed by atoms with E-state index < -0.39 is 11.8 Å². The topological polar surface area (TPSA) is 98.7 Å². The summed E-state index contributed by atoms with van der Waals surface area (Å²) in [5.74, 6) is -1.45. The third-order valence-electron chi connectivity index (χ3n) is 4.86. The van der Waals surface area contributed by atoms with Crippen LogP contribution in [-0.4, -0.2) is 22.0 Å². The Bertz CT molecular complexity index is 1250. The SMILES string of the molecule is O=C1NC(=O)c2ccc(-c3ccc(Cl)cc3Cl)cc2C1=CNCc1ccc(O)c(O)c1. The van der Waals surface area contributed by atoms with Crippen LogP contribution in [0.4, 0.5) is 0 Å². The van der Waals surface area contributed by atoms with Crippen LogP contribution in [-0.2, 0) is 11.3 Å². The molecule has 1 heterocycles. The minimum absolute atomic E-state index is 0.213. The molecule has 0 radical (unpaired) electrons. The number of imide groups is 1. The predicted octanol–water partition coefficient (Wildman–Crippen LogP) is 4.47. The molecule has 0 unspecified atom stereocenters. The minimum Gasteiger partial charge on any atom is -0.504 e. The monoisotopic (exact) mass is 454 g/mol. The van der Waals surface area contributed by atoms with Crippen LogP contribution in [0.25, 0.3) is 16.7 Å². The van der Waals surface area contributed by atoms with Crippen molar-refractivity contribution in [1.29, 1.82) is 0 Å². The second-order valence-corrected chi connectivity index (χ2v) is 7.77. The van der Waals surface area contributed by atoms with Crippen LogP contribution < -0.4 is 10.6 Å². The number of carbonyl (C=O) groups is 2. The zero-order valence-electron chi connectivity index (χ0n) is 15.9. The Morgan fingerprint density at radius 3 is 2.35 bits per heavy atom. The van der Waals surface area contributed by atoms with E-state index in [9.17, 15) is 19.8 Å². The molecular weight excluding hydrogens is 439 g/mol. The summed E-state index contributed by atoms with van der Waals surface area (Å²) in [6, 6.07) is 14.7. The summed E-state index contributed by atoms with van der Waals surface area (Å²) in [5.41, 5.74) is 3.27. The number of fused-ring (bicyclic) bond motifs is 1. The number of hydrogen-bond acceptors (Lipinski definition) is 5. The first-order valence-electron chi connectivity index (χ1n) is 9.23. The molecule has 4 rings (SSSR count). The lowest BCUT2D eigenvalue weighted by atomic mass is 9.91. The van der Waals surface area contributed by atoms with Gasteiger partial charge in [0.05, 0.1) is 5.57 Å². The number of phenols is 2. The van der Waals surface area contributed by atoms with E-state index in [4.69, 9.17) is 23.2 Å². The summed E-state index contributed by atoms with van der Waals surface area (Å²) < 4.78 is 0. The highest BCUT2D eigenvalue weighted by Gasteiger charge is 2.27. The van der Waals surface area contributed by atoms with Gasteiger partial charge in [-0.2, -0.15) is 0 Å². The van der Waals surface area contributed by atoms with Gasteiger partial charge in [0.2, 0.25) is 0 Å². The number of carbonyl (C=O) groups excluding carboxylic acids is 2. The Balaban J connectivity index is 1.68. The number of amides is 2. The molecule has 156 valence electrons. The molecule has 3 aromatic rings. The summed E-state index contributed by atoms with van der Waals surface area (Å²) in [6.45, 7) is 0.288. The Morgan fingerprint density at radius 1 is 0.839 bits per heavy atom. The van der Waals surface area contributed by atoms with Crippen LogP contribution in [0, 0.1) is 0 Å². The second-order valence-electron chi connectivity index (χ2n) is 6.93. The van der Waals surface area contributed by atoms with Gasteiger partial charge >= 0.3 is 0 Å². The van der Waals surface area contributed by atoms with Crippen molar-refractivity contribution < 1.29 is 19.8 Å². The molecule has 1 aliphatic heterocycles. The van der Waals surface area contributed by atoms with Gasteiger partial charge in [0, 0.05) is 39.5 Å². The first-order chi connectivity index (χ1) is 14.8. The van der Waals surface area contributed by atoms with Crippen LogP contribution in [0.3, 0.4) is 0 Å². The molecule has 0 aliphatic carbocycles. The maximum absolute atomic E-state index is 12.5. The molecule has 0 spiro atoms. The van der Waals surface area contributed by atoms with Crippen molar-refractivity contribution in [1.82, 2.24) is 10.6 Å². The van der Waals surface area contributed by atoms with Crippen LogP contribution in [0.2, 0.25) is 10.0 Å². The molecule has 6 nitrogen and oxygen atoms in total. The van der Waals surface area contributed by atoms with Crippen LogP contribution >= 0.6 is 23.2 Å². The van der Waals surface area contributed by atoms with E-state index in [0.29, 0.717) is 26.7 Å². The Morgan fingerprint density at radius 2 is 1.61 bits per heavy atom. The van der Waals surface area contributed by atoms with E-state index in [1.165, 1.54) is 18.3 Å². The number of nitrogens with one attached hydrogen (secondary N) is 2. The number of phenolic OH excluding ortho intramolecular Hbond substituents is 2. The maximum Gasteiger partial charge on any atom is 0.260 e. The molecule has 0 saturated carbocycles. The van der Waals surface area contributed by atoms with E-state index in [0.717, 1.165) is 11.1 Å². The zero-order valence-corrected chi connectivity index (χ0v) is 17.5. The number of hydrogen-bond donors (Lipinski definition) is 4. The molecule has 3 aromatic carbocycles. The van der Waals surface area contributed by atoms with Gasteiger partial charge < -0.3 is 15.5 Å². The van der Waals surface area contributed by atoms with E-state index in [1.807, 2.05) is 0 Å². The van der Waals surface area contributed by atoms with E-state index in [2.05, 4.69) is 10.6 Å². The van der Waals surface area contributed by atoms with Gasteiger partial charge in [-0.25, -0.2) is 0 Å². The standard InChI is InChI=1S/C23H16Cl2N2O4/c24-14-3-5-15(19(25)9-14)13-2-4-16-17(8-13)18(23(31)27-22(16)30)11-26-10-12-1-6-20(28)21(29)7-12/h1-9,11,26,28-29H,10H2,(H,27,30,31). The first kappa shape index (κ1) is 20.8. The average Bonchev–Trinajstić information content (AvgIpc) is 2.72. The summed E-state index contributed by atoms with van der Waals surface area (Å²) in [6.07, 6.45) is 1.51. The van der Waals surface area contributed by atoms with Crippen molar-refractivity contribution in [2.24, 2.45) is 0 Å². The highest BCUT2D eigenvalue weighted by molar-refractivity contribution is 6.36. The van der Waals surface area contributed by atoms with Crippen LogP contribution in [0.1, 0.15) is 21.5 Å². The molecule has 8 heteroatoms. The molecule has 0 fully saturated rings. The fourth-order valence-electron chi connectivity index (χ4n) is 3.31. The van der Waals surface area contributed by atoms with E-state index >= 15 is 0 Å². The summed E-state index contributed by atoms with van der Waals surface area (Å²) in [4.78, 5) is 24.8. The third-order valence-corrected chi connectivity index (χ3v) is 5.41. The average molecular weight is 455 g/mol. The Labute approximate surface area is 187 Å². The van der Waals surface area contributed by atoms with Gasteiger partial charge in [-0.15, -0.1) is 0 Å². The fraction of sp³-hybridized carbons (Fsp3) is 0.0435. The number of halogens is 2. The smallest absolute Gasteiger partial charge is 0.260 e. The number of rotatable bonds is 4. The lowest BCUT2D eigenvalue weighted by Gasteiger charge is -2.20. The van der Waals surface area contributed by atoms with Crippen molar-refractivity contribution in [3.63, 3.8) is 0 Å². The van der Waals surface area contributed by atoms with Crippen molar-refractivity contribution in [2.75, 3.05) is 0 Å².